The lowest BCUT2D eigenvalue weighted by Gasteiger charge is -2.34. The predicted octanol–water partition coefficient (Wildman–Crippen LogP) is 4.21. The minimum Gasteiger partial charge on any atom is -0.489 e. The number of benzene rings is 2. The summed E-state index contributed by atoms with van der Waals surface area (Å²) in [5.41, 5.74) is 2.65. The molecule has 1 fully saturated rings. The zero-order valence-electron chi connectivity index (χ0n) is 18.4. The number of hydrogen-bond donors (Lipinski definition) is 1. The molecule has 1 heterocycles. The number of nitrogens with zero attached hydrogens (tertiary/aromatic N) is 2. The molecule has 0 atom stereocenters. The van der Waals surface area contributed by atoms with Crippen molar-refractivity contribution in [3.63, 3.8) is 0 Å². The van der Waals surface area contributed by atoms with Crippen LogP contribution in [0.15, 0.2) is 42.5 Å². The van der Waals surface area contributed by atoms with Crippen LogP contribution in [0.4, 0.5) is 4.79 Å². The van der Waals surface area contributed by atoms with Crippen molar-refractivity contribution < 1.29 is 24.2 Å². The lowest BCUT2D eigenvalue weighted by Crippen LogP contribution is -2.48. The Morgan fingerprint density at radius 3 is 2.31 bits per heavy atom. The van der Waals surface area contributed by atoms with Gasteiger partial charge in [-0.1, -0.05) is 35.9 Å². The number of piperazine rings is 1. The molecule has 1 N–H and O–H groups in total. The number of rotatable bonds is 8. The molecule has 7 nitrogen and oxygen atoms in total. The number of aliphatic carboxylic acids is 1. The summed E-state index contributed by atoms with van der Waals surface area (Å²) in [5.74, 6) is -0.154. The summed E-state index contributed by atoms with van der Waals surface area (Å²) in [4.78, 5) is 27.2. The topological polar surface area (TPSA) is 79.3 Å². The van der Waals surface area contributed by atoms with Gasteiger partial charge in [-0.3, -0.25) is 9.69 Å². The second-order valence-corrected chi connectivity index (χ2v) is 8.56. The molecule has 1 aliphatic rings. The summed E-state index contributed by atoms with van der Waals surface area (Å²) in [7, 11) is 0. The van der Waals surface area contributed by atoms with Gasteiger partial charge in [0, 0.05) is 43.3 Å². The maximum absolute atomic E-state index is 12.1. The van der Waals surface area contributed by atoms with Crippen molar-refractivity contribution in [3.8, 4) is 5.75 Å². The number of amides is 1. The minimum atomic E-state index is -0.872. The number of carbonyl (C=O) groups is 2. The quantitative estimate of drug-likeness (QED) is 0.635. The van der Waals surface area contributed by atoms with Gasteiger partial charge < -0.3 is 19.5 Å². The van der Waals surface area contributed by atoms with E-state index >= 15 is 0 Å². The molecule has 0 unspecified atom stereocenters. The van der Waals surface area contributed by atoms with Crippen molar-refractivity contribution in [1.29, 1.82) is 0 Å². The molecule has 0 spiro atoms. The minimum absolute atomic E-state index is 0.0424. The third-order valence-electron chi connectivity index (χ3n) is 5.15. The van der Waals surface area contributed by atoms with Crippen LogP contribution in [0.5, 0.6) is 5.75 Å². The summed E-state index contributed by atoms with van der Waals surface area (Å²) in [5, 5.41) is 9.83. The van der Waals surface area contributed by atoms with Crippen LogP contribution >= 0.6 is 11.6 Å². The average molecular weight is 461 g/mol. The second kappa shape index (κ2) is 11.2. The number of hydrogen-bond acceptors (Lipinski definition) is 5. The molecule has 0 bridgehead atoms. The van der Waals surface area contributed by atoms with Gasteiger partial charge in [0.1, 0.15) is 12.4 Å². The highest BCUT2D eigenvalue weighted by atomic mass is 35.5. The largest absolute Gasteiger partial charge is 0.489 e. The van der Waals surface area contributed by atoms with Gasteiger partial charge in [-0.2, -0.15) is 0 Å². The van der Waals surface area contributed by atoms with Crippen LogP contribution in [0.3, 0.4) is 0 Å². The first kappa shape index (κ1) is 23.9. The van der Waals surface area contributed by atoms with Crippen LogP contribution in [0.2, 0.25) is 5.02 Å². The molecular formula is C24H29ClN2O5. The van der Waals surface area contributed by atoms with Gasteiger partial charge in [0.05, 0.1) is 12.5 Å². The van der Waals surface area contributed by atoms with Crippen LogP contribution < -0.4 is 4.74 Å². The molecule has 2 aromatic rings. The SMILES string of the molecule is CC(C)OC(=O)N1CCN(Cc2cc(CC(=O)O)ccc2OCc2ccc(Cl)cc2)CC1. The Bertz CT molecular complexity index is 924. The monoisotopic (exact) mass is 460 g/mol. The van der Waals surface area contributed by atoms with E-state index in [1.54, 1.807) is 11.0 Å². The predicted molar refractivity (Wildman–Crippen MR) is 122 cm³/mol. The molecule has 2 aromatic carbocycles. The number of carbonyl (C=O) groups excluding carboxylic acids is 1. The standard InChI is InChI=1S/C24H29ClN2O5/c1-17(2)32-24(30)27-11-9-26(10-12-27)15-20-13-19(14-23(28)29)5-8-22(20)31-16-18-3-6-21(25)7-4-18/h3-8,13,17H,9-12,14-16H2,1-2H3,(H,28,29). The fraction of sp³-hybridized carbons (Fsp3) is 0.417. The zero-order chi connectivity index (χ0) is 23.1. The van der Waals surface area contributed by atoms with E-state index in [4.69, 9.17) is 26.2 Å². The highest BCUT2D eigenvalue weighted by Gasteiger charge is 2.23. The summed E-state index contributed by atoms with van der Waals surface area (Å²) in [6.07, 6.45) is -0.466. The van der Waals surface area contributed by atoms with Crippen molar-refractivity contribution in [2.24, 2.45) is 0 Å². The summed E-state index contributed by atoms with van der Waals surface area (Å²) < 4.78 is 11.3. The van der Waals surface area contributed by atoms with Crippen molar-refractivity contribution in [2.45, 2.75) is 39.5 Å². The Morgan fingerprint density at radius 2 is 1.69 bits per heavy atom. The van der Waals surface area contributed by atoms with E-state index < -0.39 is 5.97 Å². The van der Waals surface area contributed by atoms with E-state index in [-0.39, 0.29) is 18.6 Å². The van der Waals surface area contributed by atoms with Gasteiger partial charge in [0.25, 0.3) is 0 Å². The summed E-state index contributed by atoms with van der Waals surface area (Å²) in [6.45, 7) is 7.24. The van der Waals surface area contributed by atoms with Crippen LogP contribution in [0.25, 0.3) is 0 Å². The molecule has 0 saturated carbocycles. The van der Waals surface area contributed by atoms with Gasteiger partial charge >= 0.3 is 12.1 Å². The third-order valence-corrected chi connectivity index (χ3v) is 5.40. The highest BCUT2D eigenvalue weighted by Crippen LogP contribution is 2.25. The normalized spacial score (nSPS) is 14.4. The van der Waals surface area contributed by atoms with Crippen molar-refractivity contribution in [3.05, 3.63) is 64.2 Å². The van der Waals surface area contributed by atoms with E-state index in [2.05, 4.69) is 4.90 Å². The van der Waals surface area contributed by atoms with Gasteiger partial charge in [-0.25, -0.2) is 4.79 Å². The zero-order valence-corrected chi connectivity index (χ0v) is 19.2. The Balaban J connectivity index is 1.67. The molecule has 32 heavy (non-hydrogen) atoms. The van der Waals surface area contributed by atoms with E-state index in [1.165, 1.54) is 0 Å². The fourth-order valence-corrected chi connectivity index (χ4v) is 3.66. The average Bonchev–Trinajstić information content (AvgIpc) is 2.74. The van der Waals surface area contributed by atoms with Gasteiger partial charge in [-0.15, -0.1) is 0 Å². The molecule has 8 heteroatoms. The van der Waals surface area contributed by atoms with Crippen molar-refractivity contribution in [1.82, 2.24) is 9.80 Å². The fourth-order valence-electron chi connectivity index (χ4n) is 3.53. The molecule has 0 aromatic heterocycles. The highest BCUT2D eigenvalue weighted by molar-refractivity contribution is 6.30. The second-order valence-electron chi connectivity index (χ2n) is 8.12. The van der Waals surface area contributed by atoms with Crippen LogP contribution in [-0.4, -0.2) is 59.3 Å². The van der Waals surface area contributed by atoms with Crippen LogP contribution in [0.1, 0.15) is 30.5 Å². The van der Waals surface area contributed by atoms with Crippen LogP contribution in [-0.2, 0) is 29.1 Å². The Hall–Kier alpha value is -2.77. The lowest BCUT2D eigenvalue weighted by atomic mass is 10.1. The molecule has 0 aliphatic carbocycles. The van der Waals surface area contributed by atoms with E-state index in [0.29, 0.717) is 44.4 Å². The van der Waals surface area contributed by atoms with E-state index in [1.807, 2.05) is 50.2 Å². The first-order valence-electron chi connectivity index (χ1n) is 10.7. The maximum Gasteiger partial charge on any atom is 0.410 e. The van der Waals surface area contributed by atoms with E-state index in [9.17, 15) is 9.59 Å². The van der Waals surface area contributed by atoms with Crippen molar-refractivity contribution >= 4 is 23.7 Å². The maximum atomic E-state index is 12.1. The van der Waals surface area contributed by atoms with Crippen LogP contribution in [0, 0.1) is 0 Å². The van der Waals surface area contributed by atoms with E-state index in [0.717, 1.165) is 22.4 Å². The number of ether oxygens (including phenoxy) is 2. The summed E-state index contributed by atoms with van der Waals surface area (Å²) in [6, 6.07) is 13.0. The van der Waals surface area contributed by atoms with Gasteiger partial charge in [-0.05, 0) is 43.2 Å². The van der Waals surface area contributed by atoms with Crippen molar-refractivity contribution in [2.75, 3.05) is 26.2 Å². The Kier molecular flexibility index (Phi) is 8.36. The lowest BCUT2D eigenvalue weighted by molar-refractivity contribution is -0.136. The Morgan fingerprint density at radius 1 is 1.03 bits per heavy atom. The number of carboxylic acid groups (broad SMARTS) is 1. The number of carboxylic acids is 1. The van der Waals surface area contributed by atoms with Gasteiger partial charge in [0.15, 0.2) is 0 Å². The first-order valence-corrected chi connectivity index (χ1v) is 11.1. The molecule has 1 amide bonds. The first-order chi connectivity index (χ1) is 15.3. The van der Waals surface area contributed by atoms with Gasteiger partial charge in [0.2, 0.25) is 0 Å². The smallest absolute Gasteiger partial charge is 0.410 e. The summed E-state index contributed by atoms with van der Waals surface area (Å²) >= 11 is 5.95. The molecule has 0 radical (unpaired) electrons. The molecular weight excluding hydrogens is 432 g/mol. The molecule has 172 valence electrons. The molecule has 1 saturated heterocycles. The number of halogens is 1. The molecule has 1 aliphatic heterocycles. The Labute approximate surface area is 193 Å². The molecule has 3 rings (SSSR count). The third kappa shape index (κ3) is 7.14.